The van der Waals surface area contributed by atoms with Gasteiger partial charge in [-0.2, -0.15) is 4.31 Å². The average molecular weight is 433 g/mol. The Balaban J connectivity index is 1.39. The second-order valence-electron chi connectivity index (χ2n) is 7.48. The van der Waals surface area contributed by atoms with Crippen LogP contribution in [0, 0.1) is 13.8 Å². The van der Waals surface area contributed by atoms with E-state index in [1.54, 1.807) is 18.4 Å². The maximum Gasteiger partial charge on any atom is 0.252 e. The highest BCUT2D eigenvalue weighted by atomic mass is 32.2. The molecule has 3 aromatic rings. The van der Waals surface area contributed by atoms with E-state index in [1.165, 1.54) is 15.6 Å². The smallest absolute Gasteiger partial charge is 0.252 e. The van der Waals surface area contributed by atoms with E-state index in [0.717, 1.165) is 45.4 Å². The van der Waals surface area contributed by atoms with Crippen LogP contribution in [0.25, 0.3) is 11.0 Å². The molecule has 6 nitrogen and oxygen atoms in total. The summed E-state index contributed by atoms with van der Waals surface area (Å²) in [5, 5.41) is 3.84. The second-order valence-corrected chi connectivity index (χ2v) is 10.8. The third-order valence-corrected chi connectivity index (χ3v) is 8.83. The van der Waals surface area contributed by atoms with Gasteiger partial charge in [0.25, 0.3) is 10.0 Å². The molecule has 0 radical (unpaired) electrons. The lowest BCUT2D eigenvalue weighted by atomic mass is 10.0. The number of amides is 1. The van der Waals surface area contributed by atoms with Crippen molar-refractivity contribution in [2.24, 2.45) is 0 Å². The maximum absolute atomic E-state index is 12.6. The number of hydrogen-bond acceptors (Lipinski definition) is 5. The number of nitrogens with zero attached hydrogens (tertiary/aromatic N) is 1. The average Bonchev–Trinajstić information content (AvgIpc) is 3.43. The molecule has 1 amide bonds. The number of carbonyl (C=O) groups excluding carboxylic acids is 1. The summed E-state index contributed by atoms with van der Waals surface area (Å²) >= 11 is 1.22. The number of carbonyl (C=O) groups is 1. The van der Waals surface area contributed by atoms with Crippen molar-refractivity contribution in [1.29, 1.82) is 0 Å². The first-order chi connectivity index (χ1) is 13.8. The van der Waals surface area contributed by atoms with Crippen LogP contribution in [0.1, 0.15) is 34.4 Å². The zero-order valence-electron chi connectivity index (χ0n) is 16.5. The summed E-state index contributed by atoms with van der Waals surface area (Å²) in [6.07, 6.45) is 3.68. The maximum atomic E-state index is 12.6. The van der Waals surface area contributed by atoms with Gasteiger partial charge >= 0.3 is 0 Å². The minimum absolute atomic E-state index is 0.122. The molecule has 1 aliphatic heterocycles. The number of sulfonamides is 1. The second kappa shape index (κ2) is 7.93. The fourth-order valence-electron chi connectivity index (χ4n) is 3.54. The SMILES string of the molecule is Cc1cc2occ(CC(=O)NCc3ccc(S(=O)(=O)N4CCCC4)s3)c2cc1C. The molecule has 1 saturated heterocycles. The third kappa shape index (κ3) is 4.10. The molecule has 0 unspecified atom stereocenters. The van der Waals surface area contributed by atoms with Crippen molar-refractivity contribution in [2.75, 3.05) is 13.1 Å². The van der Waals surface area contributed by atoms with Gasteiger partial charge in [-0.3, -0.25) is 4.79 Å². The lowest BCUT2D eigenvalue weighted by Gasteiger charge is -2.13. The highest BCUT2D eigenvalue weighted by molar-refractivity contribution is 7.91. The molecule has 0 aliphatic carbocycles. The molecule has 0 spiro atoms. The van der Waals surface area contributed by atoms with Crippen LogP contribution < -0.4 is 5.32 Å². The largest absolute Gasteiger partial charge is 0.464 e. The van der Waals surface area contributed by atoms with E-state index < -0.39 is 10.0 Å². The number of thiophene rings is 1. The van der Waals surface area contributed by atoms with Crippen molar-refractivity contribution in [2.45, 2.75) is 43.9 Å². The Hall–Kier alpha value is -2.16. The van der Waals surface area contributed by atoms with E-state index >= 15 is 0 Å². The van der Waals surface area contributed by atoms with Crippen LogP contribution in [0.5, 0.6) is 0 Å². The predicted octanol–water partition coefficient (Wildman–Crippen LogP) is 3.75. The van der Waals surface area contributed by atoms with Crippen LogP contribution in [-0.2, 0) is 27.8 Å². The Morgan fingerprint density at radius 1 is 1.17 bits per heavy atom. The quantitative estimate of drug-likeness (QED) is 0.643. The molecule has 0 saturated carbocycles. The van der Waals surface area contributed by atoms with Gasteiger partial charge < -0.3 is 9.73 Å². The summed E-state index contributed by atoms with van der Waals surface area (Å²) in [5.74, 6) is -0.122. The van der Waals surface area contributed by atoms with E-state index in [9.17, 15) is 13.2 Å². The van der Waals surface area contributed by atoms with Crippen LogP contribution in [-0.4, -0.2) is 31.7 Å². The molecule has 154 valence electrons. The first-order valence-corrected chi connectivity index (χ1v) is 11.9. The molecule has 29 heavy (non-hydrogen) atoms. The van der Waals surface area contributed by atoms with E-state index in [2.05, 4.69) is 5.32 Å². The molecular weight excluding hydrogens is 408 g/mol. The van der Waals surface area contributed by atoms with Gasteiger partial charge in [0.05, 0.1) is 19.2 Å². The van der Waals surface area contributed by atoms with Gasteiger partial charge in [-0.1, -0.05) is 0 Å². The van der Waals surface area contributed by atoms with Gasteiger partial charge in [0.1, 0.15) is 9.79 Å². The summed E-state index contributed by atoms with van der Waals surface area (Å²) in [6.45, 7) is 5.56. The molecule has 1 aromatic carbocycles. The molecule has 1 N–H and O–H groups in total. The Bertz CT molecular complexity index is 1150. The van der Waals surface area contributed by atoms with E-state index in [-0.39, 0.29) is 12.3 Å². The summed E-state index contributed by atoms with van der Waals surface area (Å²) in [4.78, 5) is 13.2. The number of fused-ring (bicyclic) bond motifs is 1. The van der Waals surface area contributed by atoms with Crippen LogP contribution >= 0.6 is 11.3 Å². The van der Waals surface area contributed by atoms with Gasteiger partial charge in [-0.05, 0) is 62.1 Å². The highest BCUT2D eigenvalue weighted by Crippen LogP contribution is 2.28. The zero-order valence-corrected chi connectivity index (χ0v) is 18.2. The van der Waals surface area contributed by atoms with Gasteiger partial charge in [-0.15, -0.1) is 11.3 Å². The molecule has 0 atom stereocenters. The first kappa shape index (κ1) is 20.1. The Morgan fingerprint density at radius 3 is 2.66 bits per heavy atom. The lowest BCUT2D eigenvalue weighted by molar-refractivity contribution is -0.120. The highest BCUT2D eigenvalue weighted by Gasteiger charge is 2.28. The number of hydrogen-bond donors (Lipinski definition) is 1. The van der Waals surface area contributed by atoms with Crippen LogP contribution in [0.2, 0.25) is 0 Å². The fraction of sp³-hybridized carbons (Fsp3) is 0.381. The molecule has 0 bridgehead atoms. The molecule has 4 rings (SSSR count). The molecule has 2 aromatic heterocycles. The molecule has 1 aliphatic rings. The minimum Gasteiger partial charge on any atom is -0.464 e. The molecule has 1 fully saturated rings. The number of benzene rings is 1. The fourth-order valence-corrected chi connectivity index (χ4v) is 6.51. The monoisotopic (exact) mass is 432 g/mol. The summed E-state index contributed by atoms with van der Waals surface area (Å²) in [5.41, 5.74) is 3.95. The van der Waals surface area contributed by atoms with Gasteiger partial charge in [0, 0.05) is 28.9 Å². The lowest BCUT2D eigenvalue weighted by Crippen LogP contribution is -2.27. The van der Waals surface area contributed by atoms with Crippen molar-refractivity contribution in [3.8, 4) is 0 Å². The van der Waals surface area contributed by atoms with Gasteiger partial charge in [0.15, 0.2) is 0 Å². The Kier molecular flexibility index (Phi) is 5.50. The van der Waals surface area contributed by atoms with Crippen molar-refractivity contribution < 1.29 is 17.6 Å². The van der Waals surface area contributed by atoms with E-state index in [1.807, 2.05) is 26.0 Å². The van der Waals surface area contributed by atoms with E-state index in [4.69, 9.17) is 4.42 Å². The Morgan fingerprint density at radius 2 is 1.90 bits per heavy atom. The first-order valence-electron chi connectivity index (χ1n) is 9.67. The van der Waals surface area contributed by atoms with Crippen molar-refractivity contribution in [3.05, 3.63) is 52.1 Å². The van der Waals surface area contributed by atoms with Gasteiger partial charge in [-0.25, -0.2) is 8.42 Å². The summed E-state index contributed by atoms with van der Waals surface area (Å²) in [7, 11) is -3.40. The third-order valence-electron chi connectivity index (χ3n) is 5.38. The van der Waals surface area contributed by atoms with E-state index in [0.29, 0.717) is 23.8 Å². The number of furan rings is 1. The number of aryl methyl sites for hydroxylation is 2. The standard InChI is InChI=1S/C21H24N2O4S2/c1-14-9-18-16(13-27-19(18)10-15(14)2)11-20(24)22-12-17-5-6-21(28-17)29(25,26)23-7-3-4-8-23/h5-6,9-10,13H,3-4,7-8,11-12H2,1-2H3,(H,22,24). The summed E-state index contributed by atoms with van der Waals surface area (Å²) < 4.78 is 32.7. The number of rotatable bonds is 6. The normalized spacial score (nSPS) is 15.2. The summed E-state index contributed by atoms with van der Waals surface area (Å²) in [6, 6.07) is 7.44. The van der Waals surface area contributed by atoms with Crippen LogP contribution in [0.4, 0.5) is 0 Å². The van der Waals surface area contributed by atoms with Crippen LogP contribution in [0.15, 0.2) is 39.2 Å². The van der Waals surface area contributed by atoms with Gasteiger partial charge in [0.2, 0.25) is 5.91 Å². The zero-order chi connectivity index (χ0) is 20.6. The minimum atomic E-state index is -3.40. The van der Waals surface area contributed by atoms with Crippen LogP contribution in [0.3, 0.4) is 0 Å². The molecule has 3 heterocycles. The predicted molar refractivity (Wildman–Crippen MR) is 114 cm³/mol. The topological polar surface area (TPSA) is 79.6 Å². The van der Waals surface area contributed by atoms with Crippen molar-refractivity contribution >= 4 is 38.2 Å². The van der Waals surface area contributed by atoms with Crippen molar-refractivity contribution in [1.82, 2.24) is 9.62 Å². The van der Waals surface area contributed by atoms with Crippen molar-refractivity contribution in [3.63, 3.8) is 0 Å². The number of nitrogens with one attached hydrogen (secondary N) is 1. The molecule has 8 heteroatoms. The Labute approximate surface area is 174 Å². The molecular formula is C21H24N2O4S2.